The van der Waals surface area contributed by atoms with Crippen molar-refractivity contribution in [1.29, 1.82) is 0 Å². The number of fused-ring (bicyclic) bond motifs is 1. The van der Waals surface area contributed by atoms with E-state index in [1.54, 1.807) is 11.0 Å². The zero-order valence-electron chi connectivity index (χ0n) is 11.1. The minimum atomic E-state index is -0.347. The van der Waals surface area contributed by atoms with Crippen molar-refractivity contribution in [2.45, 2.75) is 19.9 Å². The van der Waals surface area contributed by atoms with Crippen LogP contribution < -0.4 is 4.90 Å². The van der Waals surface area contributed by atoms with Gasteiger partial charge in [-0.2, -0.15) is 0 Å². The van der Waals surface area contributed by atoms with Crippen LogP contribution in [-0.2, 0) is 9.53 Å². The van der Waals surface area contributed by atoms with Gasteiger partial charge in [-0.25, -0.2) is 9.37 Å². The van der Waals surface area contributed by atoms with Crippen molar-refractivity contribution in [3.05, 3.63) is 24.0 Å². The van der Waals surface area contributed by atoms with E-state index in [0.29, 0.717) is 17.0 Å². The summed E-state index contributed by atoms with van der Waals surface area (Å²) in [7, 11) is 1.34. The van der Waals surface area contributed by atoms with E-state index >= 15 is 0 Å². The van der Waals surface area contributed by atoms with Crippen LogP contribution in [0.3, 0.4) is 0 Å². The van der Waals surface area contributed by atoms with Crippen LogP contribution in [0.25, 0.3) is 11.0 Å². The number of hydrogen-bond donors (Lipinski definition) is 1. The molecule has 2 aromatic rings. The molecule has 1 heterocycles. The van der Waals surface area contributed by atoms with Crippen LogP contribution >= 0.6 is 0 Å². The van der Waals surface area contributed by atoms with Gasteiger partial charge in [-0.3, -0.25) is 4.79 Å². The summed E-state index contributed by atoms with van der Waals surface area (Å²) in [5, 5.41) is 0. The lowest BCUT2D eigenvalue weighted by Crippen LogP contribution is -2.37. The van der Waals surface area contributed by atoms with Gasteiger partial charge in [0.15, 0.2) is 0 Å². The van der Waals surface area contributed by atoms with Gasteiger partial charge in [0.05, 0.1) is 18.1 Å². The molecule has 0 aliphatic carbocycles. The third-order valence-corrected chi connectivity index (χ3v) is 2.85. The third-order valence-electron chi connectivity index (χ3n) is 2.85. The molecule has 0 aliphatic rings. The van der Waals surface area contributed by atoms with Gasteiger partial charge in [-0.1, -0.05) is 0 Å². The maximum Gasteiger partial charge on any atom is 0.325 e. The highest BCUT2D eigenvalue weighted by atomic mass is 19.1. The Morgan fingerprint density at radius 2 is 2.26 bits per heavy atom. The van der Waals surface area contributed by atoms with Crippen LogP contribution in [-0.4, -0.2) is 35.6 Å². The molecule has 0 spiro atoms. The van der Waals surface area contributed by atoms with Gasteiger partial charge in [0, 0.05) is 6.04 Å². The van der Waals surface area contributed by atoms with Crippen LogP contribution in [0.4, 0.5) is 10.3 Å². The van der Waals surface area contributed by atoms with Gasteiger partial charge in [0.25, 0.3) is 0 Å². The molecule has 6 heteroatoms. The number of hydrogen-bond acceptors (Lipinski definition) is 4. The van der Waals surface area contributed by atoms with Gasteiger partial charge in [-0.15, -0.1) is 0 Å². The van der Waals surface area contributed by atoms with Crippen LogP contribution in [0.2, 0.25) is 0 Å². The molecule has 0 saturated heterocycles. The van der Waals surface area contributed by atoms with E-state index in [-0.39, 0.29) is 24.4 Å². The number of esters is 1. The monoisotopic (exact) mass is 265 g/mol. The fraction of sp³-hybridized carbons (Fsp3) is 0.385. The Labute approximate surface area is 110 Å². The number of carbonyl (C=O) groups excluding carboxylic acids is 1. The maximum absolute atomic E-state index is 13.1. The van der Waals surface area contributed by atoms with Crippen molar-refractivity contribution in [3.8, 4) is 0 Å². The Morgan fingerprint density at radius 3 is 2.89 bits per heavy atom. The molecule has 2 rings (SSSR count). The van der Waals surface area contributed by atoms with Crippen LogP contribution in [0.15, 0.2) is 18.2 Å². The van der Waals surface area contributed by atoms with Crippen molar-refractivity contribution in [3.63, 3.8) is 0 Å². The summed E-state index contributed by atoms with van der Waals surface area (Å²) < 4.78 is 17.8. The molecule has 19 heavy (non-hydrogen) atoms. The van der Waals surface area contributed by atoms with Gasteiger partial charge in [-0.05, 0) is 32.0 Å². The molecule has 1 aromatic carbocycles. The molecule has 1 aromatic heterocycles. The molecule has 0 bridgehead atoms. The van der Waals surface area contributed by atoms with Crippen molar-refractivity contribution < 1.29 is 13.9 Å². The first-order valence-corrected chi connectivity index (χ1v) is 6.00. The van der Waals surface area contributed by atoms with Gasteiger partial charge in [0.2, 0.25) is 5.95 Å². The first-order chi connectivity index (χ1) is 9.01. The maximum atomic E-state index is 13.1. The normalized spacial score (nSPS) is 11.0. The lowest BCUT2D eigenvalue weighted by Gasteiger charge is -2.24. The molecule has 0 unspecified atom stereocenters. The van der Waals surface area contributed by atoms with Gasteiger partial charge < -0.3 is 14.6 Å². The van der Waals surface area contributed by atoms with Gasteiger partial charge >= 0.3 is 5.97 Å². The quantitative estimate of drug-likeness (QED) is 0.860. The van der Waals surface area contributed by atoms with E-state index in [1.807, 2.05) is 13.8 Å². The molecular weight excluding hydrogens is 249 g/mol. The highest BCUT2D eigenvalue weighted by Gasteiger charge is 2.18. The van der Waals surface area contributed by atoms with E-state index in [4.69, 9.17) is 0 Å². The Morgan fingerprint density at radius 1 is 1.53 bits per heavy atom. The van der Waals surface area contributed by atoms with Crippen molar-refractivity contribution >= 4 is 23.0 Å². The second-order valence-electron chi connectivity index (χ2n) is 4.52. The van der Waals surface area contributed by atoms with E-state index in [9.17, 15) is 9.18 Å². The smallest absolute Gasteiger partial charge is 0.325 e. The molecule has 0 aliphatic heterocycles. The fourth-order valence-corrected chi connectivity index (χ4v) is 1.81. The minimum absolute atomic E-state index is 0.0597. The van der Waals surface area contributed by atoms with E-state index < -0.39 is 0 Å². The summed E-state index contributed by atoms with van der Waals surface area (Å²) in [5.41, 5.74) is 1.26. The van der Waals surface area contributed by atoms with Gasteiger partial charge in [0.1, 0.15) is 12.4 Å². The molecule has 5 nitrogen and oxygen atoms in total. The van der Waals surface area contributed by atoms with Crippen LogP contribution in [0, 0.1) is 5.82 Å². The fourth-order valence-electron chi connectivity index (χ4n) is 1.81. The molecule has 0 atom stereocenters. The number of aromatic nitrogens is 2. The summed E-state index contributed by atoms with van der Waals surface area (Å²) in [6, 6.07) is 4.39. The minimum Gasteiger partial charge on any atom is -0.468 e. The summed E-state index contributed by atoms with van der Waals surface area (Å²) >= 11 is 0. The number of rotatable bonds is 4. The summed E-state index contributed by atoms with van der Waals surface area (Å²) in [6.07, 6.45) is 0. The molecule has 0 amide bonds. The second kappa shape index (κ2) is 5.26. The number of aromatic amines is 1. The molecule has 0 fully saturated rings. The van der Waals surface area contributed by atoms with Crippen molar-refractivity contribution in [2.75, 3.05) is 18.6 Å². The molecular formula is C13H16FN3O2. The highest BCUT2D eigenvalue weighted by Crippen LogP contribution is 2.19. The van der Waals surface area contributed by atoms with E-state index in [0.717, 1.165) is 0 Å². The number of anilines is 1. The highest BCUT2D eigenvalue weighted by molar-refractivity contribution is 5.80. The molecule has 0 radical (unpaired) electrons. The Kier molecular flexibility index (Phi) is 3.69. The summed E-state index contributed by atoms with van der Waals surface area (Å²) in [5.74, 6) is -0.145. The SMILES string of the molecule is COC(=O)CN(c1nc2ccc(F)cc2[nH]1)C(C)C. The summed E-state index contributed by atoms with van der Waals surface area (Å²) in [6.45, 7) is 3.98. The topological polar surface area (TPSA) is 58.2 Å². The summed E-state index contributed by atoms with van der Waals surface area (Å²) in [4.78, 5) is 20.5. The standard InChI is InChI=1S/C13H16FN3O2/c1-8(2)17(7-12(18)19-3)13-15-10-5-4-9(14)6-11(10)16-13/h4-6,8H,7H2,1-3H3,(H,15,16). The first kappa shape index (κ1) is 13.3. The lowest BCUT2D eigenvalue weighted by atomic mass is 10.3. The average molecular weight is 265 g/mol. The first-order valence-electron chi connectivity index (χ1n) is 6.00. The van der Waals surface area contributed by atoms with E-state index in [2.05, 4.69) is 14.7 Å². The number of H-pyrrole nitrogens is 1. The number of nitrogens with one attached hydrogen (secondary N) is 1. The van der Waals surface area contributed by atoms with Crippen LogP contribution in [0.5, 0.6) is 0 Å². The Bertz CT molecular complexity index is 595. The third kappa shape index (κ3) is 2.83. The molecule has 1 N–H and O–H groups in total. The predicted molar refractivity (Wildman–Crippen MR) is 70.5 cm³/mol. The zero-order valence-corrected chi connectivity index (χ0v) is 11.1. The number of methoxy groups -OCH3 is 1. The lowest BCUT2D eigenvalue weighted by molar-refractivity contribution is -0.139. The number of carbonyl (C=O) groups is 1. The number of imidazole rings is 1. The number of benzene rings is 1. The van der Waals surface area contributed by atoms with Crippen molar-refractivity contribution in [2.24, 2.45) is 0 Å². The van der Waals surface area contributed by atoms with Crippen molar-refractivity contribution in [1.82, 2.24) is 9.97 Å². The Hall–Kier alpha value is -2.11. The average Bonchev–Trinajstić information content (AvgIpc) is 2.77. The largest absolute Gasteiger partial charge is 0.468 e. The Balaban J connectivity index is 2.36. The molecule has 0 saturated carbocycles. The number of ether oxygens (including phenoxy) is 1. The second-order valence-corrected chi connectivity index (χ2v) is 4.52. The predicted octanol–water partition coefficient (Wildman–Crippen LogP) is 2.09. The van der Waals surface area contributed by atoms with Crippen LogP contribution in [0.1, 0.15) is 13.8 Å². The zero-order chi connectivity index (χ0) is 14.0. The number of halogens is 1. The molecule has 102 valence electrons. The number of nitrogens with zero attached hydrogens (tertiary/aromatic N) is 2. The van der Waals surface area contributed by atoms with E-state index in [1.165, 1.54) is 19.2 Å².